The average Bonchev–Trinajstić information content (AvgIpc) is 3.73. The molecule has 8 aromatic carbocycles. The van der Waals surface area contributed by atoms with Crippen molar-refractivity contribution in [3.63, 3.8) is 0 Å². The van der Waals surface area contributed by atoms with Gasteiger partial charge in [0.25, 0.3) is 0 Å². The third-order valence-corrected chi connectivity index (χ3v) is 12.8. The summed E-state index contributed by atoms with van der Waals surface area (Å²) in [5, 5.41) is 0. The first-order chi connectivity index (χ1) is 29.0. The molecule has 0 saturated heterocycles. The van der Waals surface area contributed by atoms with Gasteiger partial charge < -0.3 is 4.74 Å². The molecule has 59 heavy (non-hydrogen) atoms. The van der Waals surface area contributed by atoms with E-state index >= 15 is 0 Å². The van der Waals surface area contributed by atoms with E-state index in [1.807, 2.05) is 24.3 Å². The van der Waals surface area contributed by atoms with Crippen LogP contribution in [-0.2, 0) is 10.8 Å². The first kappa shape index (κ1) is 33.7. The Morgan fingerprint density at radius 3 is 1.51 bits per heavy atom. The zero-order valence-corrected chi connectivity index (χ0v) is 32.6. The first-order valence-corrected chi connectivity index (χ1v) is 20.3. The Morgan fingerprint density at radius 1 is 0.356 bits per heavy atom. The number of aromatic nitrogens is 3. The molecule has 4 nitrogen and oxygen atoms in total. The molecule has 0 fully saturated rings. The van der Waals surface area contributed by atoms with Crippen LogP contribution in [0.4, 0.5) is 0 Å². The summed E-state index contributed by atoms with van der Waals surface area (Å²) in [6.45, 7) is 4.64. The van der Waals surface area contributed by atoms with Gasteiger partial charge in [0.2, 0.25) is 0 Å². The summed E-state index contributed by atoms with van der Waals surface area (Å²) in [4.78, 5) is 15.6. The topological polar surface area (TPSA) is 47.9 Å². The van der Waals surface area contributed by atoms with Gasteiger partial charge in [-0.3, -0.25) is 0 Å². The minimum atomic E-state index is -0.541. The number of benzene rings is 8. The highest BCUT2D eigenvalue weighted by molar-refractivity contribution is 5.95. The fraction of sp³-hybridized carbons (Fsp3) is 0.0727. The summed E-state index contributed by atoms with van der Waals surface area (Å²) in [6, 6.07) is 66.8. The molecular formula is C55H37N3O. The summed E-state index contributed by atoms with van der Waals surface area (Å²) in [6.07, 6.45) is 0. The predicted molar refractivity (Wildman–Crippen MR) is 237 cm³/mol. The van der Waals surface area contributed by atoms with Gasteiger partial charge in [-0.2, -0.15) is 0 Å². The van der Waals surface area contributed by atoms with Crippen molar-refractivity contribution in [3.05, 3.63) is 221 Å². The van der Waals surface area contributed by atoms with Crippen molar-refractivity contribution in [2.24, 2.45) is 0 Å². The molecule has 0 unspecified atom stereocenters. The summed E-state index contributed by atoms with van der Waals surface area (Å²) < 4.78 is 7.19. The molecule has 1 aromatic heterocycles. The van der Waals surface area contributed by atoms with Crippen LogP contribution >= 0.6 is 0 Å². The molecule has 278 valence electrons. The van der Waals surface area contributed by atoms with Crippen LogP contribution in [0.1, 0.15) is 47.2 Å². The van der Waals surface area contributed by atoms with Crippen LogP contribution in [0.5, 0.6) is 11.5 Å². The van der Waals surface area contributed by atoms with Crippen LogP contribution in [0.15, 0.2) is 188 Å². The maximum Gasteiger partial charge on any atom is 0.164 e. The lowest BCUT2D eigenvalue weighted by Gasteiger charge is -2.40. The van der Waals surface area contributed by atoms with Gasteiger partial charge in [0.15, 0.2) is 17.5 Å². The molecule has 2 heterocycles. The number of nitrogens with zero attached hydrogens (tertiary/aromatic N) is 3. The summed E-state index contributed by atoms with van der Waals surface area (Å²) >= 11 is 0. The highest BCUT2D eigenvalue weighted by atomic mass is 16.5. The van der Waals surface area contributed by atoms with E-state index in [1.54, 1.807) is 0 Å². The van der Waals surface area contributed by atoms with Crippen molar-refractivity contribution in [1.82, 2.24) is 15.0 Å². The lowest BCUT2D eigenvalue weighted by molar-refractivity contribution is 0.437. The molecule has 0 atom stereocenters. The van der Waals surface area contributed by atoms with Gasteiger partial charge in [0.1, 0.15) is 11.5 Å². The predicted octanol–water partition coefficient (Wildman–Crippen LogP) is 13.3. The smallest absolute Gasteiger partial charge is 0.164 e. The van der Waals surface area contributed by atoms with E-state index in [1.165, 1.54) is 44.5 Å². The molecule has 0 N–H and O–H groups in total. The highest BCUT2D eigenvalue weighted by Crippen LogP contribution is 2.66. The van der Waals surface area contributed by atoms with Gasteiger partial charge in [-0.1, -0.05) is 196 Å². The molecule has 3 aliphatic rings. The average molecular weight is 756 g/mol. The minimum Gasteiger partial charge on any atom is -0.456 e. The highest BCUT2D eigenvalue weighted by Gasteiger charge is 2.53. The lowest BCUT2D eigenvalue weighted by Crippen LogP contribution is -2.32. The molecule has 0 bridgehead atoms. The Morgan fingerprint density at radius 2 is 0.831 bits per heavy atom. The monoisotopic (exact) mass is 755 g/mol. The van der Waals surface area contributed by atoms with Gasteiger partial charge in [-0.15, -0.1) is 0 Å². The van der Waals surface area contributed by atoms with E-state index in [0.29, 0.717) is 17.5 Å². The normalized spacial score (nSPS) is 14.3. The van der Waals surface area contributed by atoms with E-state index in [0.717, 1.165) is 50.4 Å². The van der Waals surface area contributed by atoms with Crippen LogP contribution in [0.2, 0.25) is 0 Å². The van der Waals surface area contributed by atoms with E-state index in [-0.39, 0.29) is 0 Å². The summed E-state index contributed by atoms with van der Waals surface area (Å²) in [5.41, 5.74) is 16.4. The Labute approximate surface area is 343 Å². The minimum absolute atomic E-state index is 0.397. The second-order valence-corrected chi connectivity index (χ2v) is 16.3. The van der Waals surface area contributed by atoms with Crippen molar-refractivity contribution < 1.29 is 4.74 Å². The lowest BCUT2D eigenvalue weighted by atomic mass is 9.65. The molecule has 2 aliphatic carbocycles. The molecule has 0 saturated carbocycles. The molecule has 0 amide bonds. The summed E-state index contributed by atoms with van der Waals surface area (Å²) in [5.74, 6) is 3.72. The number of rotatable bonds is 4. The van der Waals surface area contributed by atoms with Crippen molar-refractivity contribution in [2.45, 2.75) is 24.7 Å². The third-order valence-electron chi connectivity index (χ3n) is 12.8. The maximum absolute atomic E-state index is 7.19. The Hall–Kier alpha value is -7.43. The van der Waals surface area contributed by atoms with Crippen molar-refractivity contribution in [3.8, 4) is 79.0 Å². The number of ether oxygens (including phenoxy) is 1. The quantitative estimate of drug-likeness (QED) is 0.179. The fourth-order valence-electron chi connectivity index (χ4n) is 10.2. The largest absolute Gasteiger partial charge is 0.456 e. The molecule has 9 aromatic rings. The van der Waals surface area contributed by atoms with Gasteiger partial charge in [0.05, 0.1) is 5.41 Å². The Kier molecular flexibility index (Phi) is 7.16. The van der Waals surface area contributed by atoms with Crippen LogP contribution in [-0.4, -0.2) is 15.0 Å². The molecule has 4 heteroatoms. The van der Waals surface area contributed by atoms with Crippen molar-refractivity contribution in [2.75, 3.05) is 0 Å². The van der Waals surface area contributed by atoms with Crippen LogP contribution in [0.3, 0.4) is 0 Å². The second kappa shape index (κ2) is 12.5. The maximum atomic E-state index is 7.19. The van der Waals surface area contributed by atoms with E-state index in [4.69, 9.17) is 19.7 Å². The number of para-hydroxylation sites is 1. The SMILES string of the molecule is CC1(C)c2ccc3c(c2-c2cccc(-c4nc(-c5ccccc5)nc(-c5ccc(-c6ccccc6)cc5)n4)c21)Oc1ccccc1C31c2ccccc2-c2ccccc21. The fourth-order valence-corrected chi connectivity index (χ4v) is 10.2. The standard InChI is InChI=1S/C55H37N3O/c1-54(2)45-32-33-46-50(59-47-27-14-13-26-44(47)55(46)42-24-11-9-20-38(42)39-21-10-12-25-43(39)55)48(45)40-22-15-23-41(49(40)54)53-57-51(36-18-7-4-8-19-36)56-52(58-53)37-30-28-35(29-31-37)34-16-5-3-6-17-34/h3-33H,1-2H3. The third kappa shape index (κ3) is 4.74. The van der Waals surface area contributed by atoms with E-state index < -0.39 is 10.8 Å². The van der Waals surface area contributed by atoms with Crippen LogP contribution in [0, 0.1) is 0 Å². The van der Waals surface area contributed by atoms with Gasteiger partial charge in [-0.05, 0) is 56.1 Å². The Bertz CT molecular complexity index is 3110. The number of hydrogen-bond donors (Lipinski definition) is 0. The van der Waals surface area contributed by atoms with Crippen LogP contribution < -0.4 is 4.74 Å². The van der Waals surface area contributed by atoms with Crippen LogP contribution in [0.25, 0.3) is 67.5 Å². The molecule has 12 rings (SSSR count). The first-order valence-electron chi connectivity index (χ1n) is 20.3. The molecular weight excluding hydrogens is 719 g/mol. The zero-order chi connectivity index (χ0) is 39.3. The summed E-state index contributed by atoms with van der Waals surface area (Å²) in [7, 11) is 0. The van der Waals surface area contributed by atoms with Crippen molar-refractivity contribution in [1.29, 1.82) is 0 Å². The zero-order valence-electron chi connectivity index (χ0n) is 32.6. The Balaban J connectivity index is 1.08. The van der Waals surface area contributed by atoms with Crippen molar-refractivity contribution >= 4 is 0 Å². The van der Waals surface area contributed by atoms with Gasteiger partial charge >= 0.3 is 0 Å². The second-order valence-electron chi connectivity index (χ2n) is 16.3. The van der Waals surface area contributed by atoms with Gasteiger partial charge in [-0.25, -0.2) is 15.0 Å². The van der Waals surface area contributed by atoms with Gasteiger partial charge in [0, 0.05) is 38.8 Å². The van der Waals surface area contributed by atoms with E-state index in [9.17, 15) is 0 Å². The number of fused-ring (bicyclic) bond motifs is 13. The molecule has 0 radical (unpaired) electrons. The molecule has 1 spiro atoms. The number of hydrogen-bond acceptors (Lipinski definition) is 4. The van der Waals surface area contributed by atoms with E-state index in [2.05, 4.69) is 178 Å². The molecule has 1 aliphatic heterocycles.